The summed E-state index contributed by atoms with van der Waals surface area (Å²) in [4.78, 5) is 26.9. The molecule has 1 aliphatic rings. The van der Waals surface area contributed by atoms with Gasteiger partial charge in [-0.25, -0.2) is 4.79 Å². The third-order valence-electron chi connectivity index (χ3n) is 5.30. The Morgan fingerprint density at radius 3 is 2.67 bits per heavy atom. The molecule has 0 bridgehead atoms. The highest BCUT2D eigenvalue weighted by molar-refractivity contribution is 6.31. The van der Waals surface area contributed by atoms with Crippen LogP contribution in [-0.4, -0.2) is 46.0 Å². The molecule has 2 aromatic carbocycles. The third-order valence-corrected chi connectivity index (χ3v) is 5.52. The van der Waals surface area contributed by atoms with Crippen molar-refractivity contribution in [2.75, 3.05) is 18.5 Å². The van der Waals surface area contributed by atoms with Gasteiger partial charge in [-0.2, -0.15) is 5.10 Å². The monoisotopic (exact) mass is 466 g/mol. The SMILES string of the molecule is CCOc1cc(Cl)cc(-c2nn3c(c2C(N)=O)CN(C(=O)Nc2ccc(C=N)cc2)CC3)c1. The first kappa shape index (κ1) is 22.3. The van der Waals surface area contributed by atoms with Gasteiger partial charge in [-0.15, -0.1) is 0 Å². The maximum absolute atomic E-state index is 12.8. The molecule has 0 saturated carbocycles. The molecule has 0 spiro atoms. The van der Waals surface area contributed by atoms with Crippen LogP contribution in [0.4, 0.5) is 10.5 Å². The number of hydrogen-bond acceptors (Lipinski definition) is 5. The van der Waals surface area contributed by atoms with Gasteiger partial charge in [0.2, 0.25) is 0 Å². The molecular formula is C23H23ClN6O3. The predicted molar refractivity (Wildman–Crippen MR) is 126 cm³/mol. The van der Waals surface area contributed by atoms with Gasteiger partial charge in [-0.05, 0) is 42.8 Å². The van der Waals surface area contributed by atoms with Crippen LogP contribution >= 0.6 is 11.6 Å². The first-order valence-corrected chi connectivity index (χ1v) is 10.8. The largest absolute Gasteiger partial charge is 0.494 e. The highest BCUT2D eigenvalue weighted by atomic mass is 35.5. The second-order valence-corrected chi connectivity index (χ2v) is 7.92. The number of anilines is 1. The molecule has 0 atom stereocenters. The number of primary amides is 1. The number of rotatable bonds is 6. The Balaban J connectivity index is 1.62. The van der Waals surface area contributed by atoms with Crippen LogP contribution in [0.1, 0.15) is 28.5 Å². The maximum atomic E-state index is 12.8. The van der Waals surface area contributed by atoms with Gasteiger partial charge in [0.15, 0.2) is 0 Å². The fourth-order valence-corrected chi connectivity index (χ4v) is 3.99. The van der Waals surface area contributed by atoms with Gasteiger partial charge in [0.1, 0.15) is 11.4 Å². The van der Waals surface area contributed by atoms with Gasteiger partial charge >= 0.3 is 6.03 Å². The molecule has 0 saturated heterocycles. The number of carbonyl (C=O) groups excluding carboxylic acids is 2. The highest BCUT2D eigenvalue weighted by Gasteiger charge is 2.30. The number of amides is 3. The molecule has 9 nitrogen and oxygen atoms in total. The molecule has 2 heterocycles. The summed E-state index contributed by atoms with van der Waals surface area (Å²) in [5.41, 5.74) is 8.93. The van der Waals surface area contributed by atoms with Crippen molar-refractivity contribution in [2.24, 2.45) is 5.73 Å². The number of fused-ring (bicyclic) bond motifs is 1. The molecule has 10 heteroatoms. The van der Waals surface area contributed by atoms with Crippen molar-refractivity contribution in [1.82, 2.24) is 14.7 Å². The fourth-order valence-electron chi connectivity index (χ4n) is 3.77. The van der Waals surface area contributed by atoms with Crippen LogP contribution in [0, 0.1) is 5.41 Å². The van der Waals surface area contributed by atoms with E-state index in [-0.39, 0.29) is 18.1 Å². The number of nitrogens with one attached hydrogen (secondary N) is 2. The summed E-state index contributed by atoms with van der Waals surface area (Å²) in [7, 11) is 0. The zero-order valence-electron chi connectivity index (χ0n) is 18.0. The van der Waals surface area contributed by atoms with Gasteiger partial charge < -0.3 is 26.1 Å². The highest BCUT2D eigenvalue weighted by Crippen LogP contribution is 2.33. The fraction of sp³-hybridized carbons (Fsp3) is 0.217. The number of hydrogen-bond donors (Lipinski definition) is 3. The normalized spacial score (nSPS) is 12.7. The summed E-state index contributed by atoms with van der Waals surface area (Å²) in [5, 5.41) is 15.2. The molecule has 33 heavy (non-hydrogen) atoms. The maximum Gasteiger partial charge on any atom is 0.322 e. The Morgan fingerprint density at radius 1 is 1.24 bits per heavy atom. The number of ether oxygens (including phenoxy) is 1. The number of carbonyl (C=O) groups is 2. The number of halogens is 1. The van der Waals surface area contributed by atoms with Crippen LogP contribution < -0.4 is 15.8 Å². The zero-order chi connectivity index (χ0) is 23.5. The van der Waals surface area contributed by atoms with Crippen LogP contribution in [0.2, 0.25) is 5.02 Å². The van der Waals surface area contributed by atoms with Crippen LogP contribution in [0.15, 0.2) is 42.5 Å². The third kappa shape index (κ3) is 4.68. The Labute approximate surface area is 195 Å². The topological polar surface area (TPSA) is 126 Å². The molecular weight excluding hydrogens is 444 g/mol. The Hall–Kier alpha value is -3.85. The van der Waals surface area contributed by atoms with E-state index in [0.717, 1.165) is 5.56 Å². The van der Waals surface area contributed by atoms with Crippen LogP contribution in [0.3, 0.4) is 0 Å². The van der Waals surface area contributed by atoms with Crippen molar-refractivity contribution < 1.29 is 14.3 Å². The summed E-state index contributed by atoms with van der Waals surface area (Å²) < 4.78 is 7.27. The van der Waals surface area contributed by atoms with Gasteiger partial charge in [-0.1, -0.05) is 23.7 Å². The van der Waals surface area contributed by atoms with Crippen LogP contribution in [-0.2, 0) is 13.1 Å². The van der Waals surface area contributed by atoms with Crippen LogP contribution in [0.5, 0.6) is 5.75 Å². The molecule has 3 aromatic rings. The summed E-state index contributed by atoms with van der Waals surface area (Å²) in [5.74, 6) is -0.0647. The van der Waals surface area contributed by atoms with E-state index in [4.69, 9.17) is 27.5 Å². The van der Waals surface area contributed by atoms with Gasteiger partial charge in [0, 0.05) is 29.0 Å². The van der Waals surface area contributed by atoms with E-state index in [2.05, 4.69) is 10.4 Å². The van der Waals surface area contributed by atoms with E-state index in [9.17, 15) is 9.59 Å². The first-order valence-electron chi connectivity index (χ1n) is 10.4. The average molecular weight is 467 g/mol. The Morgan fingerprint density at radius 2 is 2.00 bits per heavy atom. The number of aromatic nitrogens is 2. The predicted octanol–water partition coefficient (Wildman–Crippen LogP) is 3.75. The van der Waals surface area contributed by atoms with Gasteiger partial charge in [-0.3, -0.25) is 9.48 Å². The molecule has 4 rings (SSSR count). The minimum absolute atomic E-state index is 0.175. The molecule has 1 aromatic heterocycles. The number of nitrogens with zero attached hydrogens (tertiary/aromatic N) is 3. The lowest BCUT2D eigenvalue weighted by molar-refractivity contribution is 0.0997. The second kappa shape index (κ2) is 9.33. The van der Waals surface area contributed by atoms with E-state index in [1.165, 1.54) is 6.21 Å². The number of urea groups is 1. The molecule has 0 aliphatic carbocycles. The van der Waals surface area contributed by atoms with Crippen molar-refractivity contribution in [2.45, 2.75) is 20.0 Å². The standard InChI is InChI=1S/C23H23ClN6O3/c1-2-33-18-10-15(9-16(24)11-18)21-20(22(26)31)19-13-29(7-8-30(19)28-21)23(32)27-17-5-3-14(12-25)4-6-17/h3-6,9-12,25H,2,7-8,13H2,1H3,(H2,26,31)(H,27,32). The molecule has 0 fully saturated rings. The molecule has 170 valence electrons. The van der Waals surface area contributed by atoms with Crippen molar-refractivity contribution >= 4 is 35.4 Å². The lowest BCUT2D eigenvalue weighted by Crippen LogP contribution is -2.41. The summed E-state index contributed by atoms with van der Waals surface area (Å²) in [6, 6.07) is 11.8. The number of nitrogens with two attached hydrogens (primary N) is 1. The van der Waals surface area contributed by atoms with Crippen molar-refractivity contribution in [3.63, 3.8) is 0 Å². The summed E-state index contributed by atoms with van der Waals surface area (Å²) in [6.45, 7) is 3.34. The van der Waals surface area contributed by atoms with E-state index < -0.39 is 5.91 Å². The van der Waals surface area contributed by atoms with Crippen molar-refractivity contribution in [3.8, 4) is 17.0 Å². The Bertz CT molecular complexity index is 1220. The summed E-state index contributed by atoms with van der Waals surface area (Å²) in [6.07, 6.45) is 1.23. The van der Waals surface area contributed by atoms with Crippen LogP contribution in [0.25, 0.3) is 11.3 Å². The van der Waals surface area contributed by atoms with E-state index in [1.54, 1.807) is 52.0 Å². The van der Waals surface area contributed by atoms with Gasteiger partial charge in [0.25, 0.3) is 5.91 Å². The second-order valence-electron chi connectivity index (χ2n) is 7.48. The number of benzene rings is 2. The minimum atomic E-state index is -0.631. The molecule has 0 radical (unpaired) electrons. The zero-order valence-corrected chi connectivity index (χ0v) is 18.7. The lowest BCUT2D eigenvalue weighted by Gasteiger charge is -2.28. The van der Waals surface area contributed by atoms with Crippen molar-refractivity contribution in [1.29, 1.82) is 5.41 Å². The molecule has 3 amide bonds. The van der Waals surface area contributed by atoms with E-state index in [1.807, 2.05) is 6.92 Å². The Kier molecular flexibility index (Phi) is 6.32. The average Bonchev–Trinajstić information content (AvgIpc) is 3.18. The van der Waals surface area contributed by atoms with E-state index in [0.29, 0.717) is 53.1 Å². The minimum Gasteiger partial charge on any atom is -0.494 e. The van der Waals surface area contributed by atoms with Gasteiger partial charge in [0.05, 0.1) is 31.0 Å². The quantitative estimate of drug-likeness (QED) is 0.478. The molecule has 1 aliphatic heterocycles. The summed E-state index contributed by atoms with van der Waals surface area (Å²) >= 11 is 6.25. The first-order chi connectivity index (χ1) is 15.9. The lowest BCUT2D eigenvalue weighted by atomic mass is 10.0. The smallest absolute Gasteiger partial charge is 0.322 e. The molecule has 4 N–H and O–H groups in total. The molecule has 0 unspecified atom stereocenters. The van der Waals surface area contributed by atoms with E-state index >= 15 is 0 Å². The van der Waals surface area contributed by atoms with Crippen molar-refractivity contribution in [3.05, 3.63) is 64.3 Å².